The summed E-state index contributed by atoms with van der Waals surface area (Å²) < 4.78 is 5.98. The number of hydrogen-bond donors (Lipinski definition) is 1. The lowest BCUT2D eigenvalue weighted by Gasteiger charge is -2.13. The van der Waals surface area contributed by atoms with Gasteiger partial charge in [-0.3, -0.25) is 4.79 Å². The molecular weight excluding hydrogens is 346 g/mol. The number of ketones is 1. The van der Waals surface area contributed by atoms with Crippen LogP contribution in [0, 0.1) is 0 Å². The van der Waals surface area contributed by atoms with Crippen molar-refractivity contribution in [2.75, 3.05) is 5.32 Å². The highest BCUT2D eigenvalue weighted by atomic mass is 16.5. The molecule has 0 aliphatic heterocycles. The van der Waals surface area contributed by atoms with Gasteiger partial charge in [-0.1, -0.05) is 60.7 Å². The third-order valence-electron chi connectivity index (χ3n) is 4.32. The number of carbonyl (C=O) groups excluding carboxylic acids is 1. The topological polar surface area (TPSA) is 38.3 Å². The lowest BCUT2D eigenvalue weighted by molar-refractivity contribution is 0.103. The van der Waals surface area contributed by atoms with Crippen LogP contribution in [0.15, 0.2) is 109 Å². The normalized spacial score (nSPS) is 10.3. The van der Waals surface area contributed by atoms with Crippen molar-refractivity contribution in [1.82, 2.24) is 0 Å². The molecule has 3 heteroatoms. The first-order valence-electron chi connectivity index (χ1n) is 9.08. The Morgan fingerprint density at radius 3 is 1.89 bits per heavy atom. The van der Waals surface area contributed by atoms with Gasteiger partial charge in [0.25, 0.3) is 0 Å². The molecule has 0 unspecified atom stereocenters. The number of hydrogen-bond acceptors (Lipinski definition) is 3. The Labute approximate surface area is 164 Å². The zero-order chi connectivity index (χ0) is 19.2. The van der Waals surface area contributed by atoms with Gasteiger partial charge in [-0.2, -0.15) is 0 Å². The van der Waals surface area contributed by atoms with Crippen LogP contribution in [0.4, 0.5) is 11.4 Å². The van der Waals surface area contributed by atoms with Crippen LogP contribution in [-0.2, 0) is 0 Å². The molecule has 28 heavy (non-hydrogen) atoms. The lowest BCUT2D eigenvalue weighted by Crippen LogP contribution is -2.01. The van der Waals surface area contributed by atoms with Crippen LogP contribution >= 0.6 is 0 Å². The molecule has 0 spiro atoms. The van der Waals surface area contributed by atoms with E-state index in [0.29, 0.717) is 11.1 Å². The van der Waals surface area contributed by atoms with E-state index < -0.39 is 0 Å². The molecule has 136 valence electrons. The summed E-state index contributed by atoms with van der Waals surface area (Å²) in [5.74, 6) is 1.53. The van der Waals surface area contributed by atoms with E-state index in [9.17, 15) is 4.79 Å². The first kappa shape index (κ1) is 17.6. The van der Waals surface area contributed by atoms with Gasteiger partial charge in [-0.05, 0) is 48.5 Å². The fourth-order valence-corrected chi connectivity index (χ4v) is 2.89. The van der Waals surface area contributed by atoms with Crippen molar-refractivity contribution in [3.63, 3.8) is 0 Å². The fourth-order valence-electron chi connectivity index (χ4n) is 2.89. The van der Waals surface area contributed by atoms with Gasteiger partial charge in [-0.15, -0.1) is 0 Å². The maximum Gasteiger partial charge on any atom is 0.193 e. The number of rotatable bonds is 6. The van der Waals surface area contributed by atoms with E-state index in [-0.39, 0.29) is 5.78 Å². The Morgan fingerprint density at radius 2 is 1.18 bits per heavy atom. The largest absolute Gasteiger partial charge is 0.455 e. The van der Waals surface area contributed by atoms with E-state index in [1.807, 2.05) is 109 Å². The predicted molar refractivity (Wildman–Crippen MR) is 113 cm³/mol. The van der Waals surface area contributed by atoms with E-state index in [4.69, 9.17) is 4.74 Å². The molecule has 0 amide bonds. The predicted octanol–water partition coefficient (Wildman–Crippen LogP) is 6.45. The second-order valence-corrected chi connectivity index (χ2v) is 6.31. The van der Waals surface area contributed by atoms with Gasteiger partial charge in [0.2, 0.25) is 0 Å². The first-order chi connectivity index (χ1) is 13.8. The summed E-state index contributed by atoms with van der Waals surface area (Å²) in [7, 11) is 0. The summed E-state index contributed by atoms with van der Waals surface area (Å²) in [6.45, 7) is 0. The zero-order valence-corrected chi connectivity index (χ0v) is 15.2. The summed E-state index contributed by atoms with van der Waals surface area (Å²) >= 11 is 0. The molecule has 0 atom stereocenters. The summed E-state index contributed by atoms with van der Waals surface area (Å²) in [6, 6.07) is 34.2. The summed E-state index contributed by atoms with van der Waals surface area (Å²) in [6.07, 6.45) is 0. The average Bonchev–Trinajstić information content (AvgIpc) is 2.76. The molecule has 0 heterocycles. The van der Waals surface area contributed by atoms with Crippen LogP contribution in [0.5, 0.6) is 11.5 Å². The Kier molecular flexibility index (Phi) is 5.16. The third kappa shape index (κ3) is 4.10. The minimum absolute atomic E-state index is 0.0139. The maximum absolute atomic E-state index is 12.5. The molecule has 0 saturated carbocycles. The molecule has 0 bridgehead atoms. The van der Waals surface area contributed by atoms with Gasteiger partial charge >= 0.3 is 0 Å². The molecule has 0 saturated heterocycles. The Morgan fingerprint density at radius 1 is 0.607 bits per heavy atom. The fraction of sp³-hybridized carbons (Fsp3) is 0. The summed E-state index contributed by atoms with van der Waals surface area (Å²) in [5, 5.41) is 3.36. The van der Waals surface area contributed by atoms with Crippen LogP contribution in [-0.4, -0.2) is 5.78 Å². The molecule has 1 N–H and O–H groups in total. The van der Waals surface area contributed by atoms with E-state index in [0.717, 1.165) is 22.9 Å². The summed E-state index contributed by atoms with van der Waals surface area (Å²) in [5.41, 5.74) is 3.08. The molecule has 0 aromatic heterocycles. The molecule has 0 radical (unpaired) electrons. The van der Waals surface area contributed by atoms with E-state index in [2.05, 4.69) is 5.32 Å². The Hall–Kier alpha value is -3.85. The molecule has 0 fully saturated rings. The number of nitrogens with one attached hydrogen (secondary N) is 1. The van der Waals surface area contributed by atoms with Crippen LogP contribution in [0.1, 0.15) is 15.9 Å². The van der Waals surface area contributed by atoms with Crippen molar-refractivity contribution < 1.29 is 9.53 Å². The second-order valence-electron chi connectivity index (χ2n) is 6.31. The highest BCUT2D eigenvalue weighted by Crippen LogP contribution is 2.31. The smallest absolute Gasteiger partial charge is 0.193 e. The van der Waals surface area contributed by atoms with Crippen LogP contribution in [0.25, 0.3) is 0 Å². The Bertz CT molecular complexity index is 1060. The van der Waals surface area contributed by atoms with Crippen molar-refractivity contribution in [3.8, 4) is 11.5 Å². The van der Waals surface area contributed by atoms with Gasteiger partial charge in [0.1, 0.15) is 5.75 Å². The molecular formula is C25H19NO2. The van der Waals surface area contributed by atoms with Crippen molar-refractivity contribution in [2.24, 2.45) is 0 Å². The first-order valence-corrected chi connectivity index (χ1v) is 9.08. The van der Waals surface area contributed by atoms with Gasteiger partial charge in [-0.25, -0.2) is 0 Å². The van der Waals surface area contributed by atoms with Crippen molar-refractivity contribution >= 4 is 17.2 Å². The van der Waals surface area contributed by atoms with E-state index in [1.54, 1.807) is 0 Å². The number of anilines is 2. The highest BCUT2D eigenvalue weighted by molar-refractivity contribution is 6.09. The number of para-hydroxylation sites is 3. The van der Waals surface area contributed by atoms with Crippen molar-refractivity contribution in [2.45, 2.75) is 0 Å². The van der Waals surface area contributed by atoms with Gasteiger partial charge in [0, 0.05) is 16.8 Å². The maximum atomic E-state index is 12.5. The third-order valence-corrected chi connectivity index (χ3v) is 4.32. The minimum atomic E-state index is 0.0139. The minimum Gasteiger partial charge on any atom is -0.455 e. The van der Waals surface area contributed by atoms with Gasteiger partial charge in [0.05, 0.1) is 5.69 Å². The Balaban J connectivity index is 1.52. The highest BCUT2D eigenvalue weighted by Gasteiger charge is 2.09. The van der Waals surface area contributed by atoms with E-state index in [1.165, 1.54) is 0 Å². The second kappa shape index (κ2) is 8.23. The molecule has 0 aliphatic rings. The van der Waals surface area contributed by atoms with Crippen LogP contribution in [0.3, 0.4) is 0 Å². The average molecular weight is 365 g/mol. The molecule has 0 aliphatic carbocycles. The molecule has 3 nitrogen and oxygen atoms in total. The molecule has 4 aromatic rings. The summed E-state index contributed by atoms with van der Waals surface area (Å²) in [4.78, 5) is 12.5. The quantitative estimate of drug-likeness (QED) is 0.399. The van der Waals surface area contributed by atoms with E-state index >= 15 is 0 Å². The van der Waals surface area contributed by atoms with Gasteiger partial charge in [0.15, 0.2) is 11.5 Å². The monoisotopic (exact) mass is 365 g/mol. The lowest BCUT2D eigenvalue weighted by atomic mass is 10.0. The molecule has 4 rings (SSSR count). The molecule has 4 aromatic carbocycles. The SMILES string of the molecule is O=C(c1ccccc1)c1ccc(Nc2ccccc2Oc2ccccc2)cc1. The van der Waals surface area contributed by atoms with Crippen LogP contribution < -0.4 is 10.1 Å². The number of benzene rings is 4. The van der Waals surface area contributed by atoms with Crippen molar-refractivity contribution in [3.05, 3.63) is 120 Å². The number of carbonyl (C=O) groups is 1. The standard InChI is InChI=1S/C25H19NO2/c27-25(19-9-3-1-4-10-19)20-15-17-21(18-16-20)26-23-13-7-8-14-24(23)28-22-11-5-2-6-12-22/h1-18,26H. The van der Waals surface area contributed by atoms with Gasteiger partial charge < -0.3 is 10.1 Å². The van der Waals surface area contributed by atoms with Crippen LogP contribution in [0.2, 0.25) is 0 Å². The zero-order valence-electron chi connectivity index (χ0n) is 15.2. The van der Waals surface area contributed by atoms with Crippen molar-refractivity contribution in [1.29, 1.82) is 0 Å². The number of ether oxygens (including phenoxy) is 1.